The van der Waals surface area contributed by atoms with Crippen molar-refractivity contribution in [3.05, 3.63) is 17.7 Å². The number of benzene rings is 1. The van der Waals surface area contributed by atoms with Crippen LogP contribution in [0.5, 0.6) is 17.2 Å². The zero-order chi connectivity index (χ0) is 15.2. The molecule has 1 unspecified atom stereocenters. The summed E-state index contributed by atoms with van der Waals surface area (Å²) in [4.78, 5) is 0. The van der Waals surface area contributed by atoms with Crippen LogP contribution in [0.3, 0.4) is 0 Å². The Morgan fingerprint density at radius 3 is 2.05 bits per heavy atom. The summed E-state index contributed by atoms with van der Waals surface area (Å²) in [6, 6.07) is 3.74. The molecule has 0 amide bonds. The minimum atomic E-state index is -0.0936. The molecule has 1 fully saturated rings. The fourth-order valence-corrected chi connectivity index (χ4v) is 3.64. The topological polar surface area (TPSA) is 27.7 Å². The molecule has 1 aromatic carbocycles. The second-order valence-corrected chi connectivity index (χ2v) is 6.18. The number of ether oxygens (including phenoxy) is 3. The van der Waals surface area contributed by atoms with Crippen LogP contribution in [0.15, 0.2) is 12.1 Å². The van der Waals surface area contributed by atoms with Crippen molar-refractivity contribution in [3.8, 4) is 17.2 Å². The van der Waals surface area contributed by atoms with E-state index >= 15 is 0 Å². The molecule has 1 aliphatic rings. The summed E-state index contributed by atoms with van der Waals surface area (Å²) in [5.41, 5.74) is 0.938. The number of methoxy groups -OCH3 is 3. The van der Waals surface area contributed by atoms with E-state index in [0.717, 1.165) is 23.5 Å². The van der Waals surface area contributed by atoms with Crippen molar-refractivity contribution in [2.24, 2.45) is 5.92 Å². The summed E-state index contributed by atoms with van der Waals surface area (Å²) in [7, 11) is 4.94. The highest BCUT2D eigenvalue weighted by atomic mass is 35.5. The third kappa shape index (κ3) is 3.97. The van der Waals surface area contributed by atoms with Gasteiger partial charge in [-0.15, -0.1) is 11.6 Å². The first-order chi connectivity index (χ1) is 10.2. The Hall–Kier alpha value is -1.09. The van der Waals surface area contributed by atoms with Crippen molar-refractivity contribution in [2.75, 3.05) is 21.3 Å². The molecule has 0 radical (unpaired) electrons. The second-order valence-electron chi connectivity index (χ2n) is 5.65. The number of hydrogen-bond acceptors (Lipinski definition) is 3. The van der Waals surface area contributed by atoms with E-state index in [0.29, 0.717) is 11.7 Å². The Balaban J connectivity index is 2.23. The Morgan fingerprint density at radius 2 is 1.57 bits per heavy atom. The molecule has 1 aliphatic carbocycles. The molecule has 2 rings (SSSR count). The number of halogens is 1. The van der Waals surface area contributed by atoms with Crippen molar-refractivity contribution in [1.82, 2.24) is 0 Å². The summed E-state index contributed by atoms with van der Waals surface area (Å²) < 4.78 is 16.3. The van der Waals surface area contributed by atoms with E-state index in [-0.39, 0.29) is 5.38 Å². The van der Waals surface area contributed by atoms with Gasteiger partial charge in [-0.2, -0.15) is 0 Å². The van der Waals surface area contributed by atoms with Gasteiger partial charge in [-0.05, 0) is 12.3 Å². The maximum Gasteiger partial charge on any atom is 0.130 e. The first-order valence-corrected chi connectivity index (χ1v) is 8.07. The number of rotatable bonds is 6. The van der Waals surface area contributed by atoms with Gasteiger partial charge in [-0.3, -0.25) is 0 Å². The molecule has 118 valence electrons. The predicted molar refractivity (Wildman–Crippen MR) is 85.9 cm³/mol. The van der Waals surface area contributed by atoms with Crippen LogP contribution in [0, 0.1) is 5.92 Å². The van der Waals surface area contributed by atoms with Gasteiger partial charge in [-0.1, -0.05) is 32.1 Å². The van der Waals surface area contributed by atoms with Crippen LogP contribution in [-0.2, 0) is 0 Å². The fourth-order valence-electron chi connectivity index (χ4n) is 3.17. The minimum absolute atomic E-state index is 0.0936. The lowest BCUT2D eigenvalue weighted by molar-refractivity contribution is 0.327. The average molecular weight is 313 g/mol. The van der Waals surface area contributed by atoms with Crippen LogP contribution in [-0.4, -0.2) is 21.3 Å². The third-order valence-electron chi connectivity index (χ3n) is 4.33. The summed E-state index contributed by atoms with van der Waals surface area (Å²) in [5.74, 6) is 2.90. The van der Waals surface area contributed by atoms with E-state index < -0.39 is 0 Å². The van der Waals surface area contributed by atoms with Gasteiger partial charge in [0.1, 0.15) is 17.2 Å². The fraction of sp³-hybridized carbons (Fsp3) is 0.647. The lowest BCUT2D eigenvalue weighted by atomic mass is 9.85. The third-order valence-corrected chi connectivity index (χ3v) is 4.73. The van der Waals surface area contributed by atoms with Gasteiger partial charge in [0.15, 0.2) is 0 Å². The highest BCUT2D eigenvalue weighted by Gasteiger charge is 2.24. The summed E-state index contributed by atoms with van der Waals surface area (Å²) >= 11 is 6.70. The molecule has 0 spiro atoms. The second kappa shape index (κ2) is 7.79. The van der Waals surface area contributed by atoms with Crippen LogP contribution in [0.25, 0.3) is 0 Å². The Morgan fingerprint density at radius 1 is 1.00 bits per heavy atom. The predicted octanol–water partition coefficient (Wildman–Crippen LogP) is 4.96. The maximum absolute atomic E-state index is 6.70. The number of alkyl halides is 1. The van der Waals surface area contributed by atoms with E-state index in [1.54, 1.807) is 21.3 Å². The van der Waals surface area contributed by atoms with Crippen LogP contribution in [0.2, 0.25) is 0 Å². The molecule has 1 saturated carbocycles. The average Bonchev–Trinajstić information content (AvgIpc) is 2.54. The molecular formula is C17H25ClO3. The van der Waals surface area contributed by atoms with E-state index in [2.05, 4.69) is 0 Å². The zero-order valence-corrected chi connectivity index (χ0v) is 13.9. The van der Waals surface area contributed by atoms with Gasteiger partial charge >= 0.3 is 0 Å². The van der Waals surface area contributed by atoms with Gasteiger partial charge < -0.3 is 14.2 Å². The lowest BCUT2D eigenvalue weighted by Gasteiger charge is -2.25. The first-order valence-electron chi connectivity index (χ1n) is 7.63. The van der Waals surface area contributed by atoms with Gasteiger partial charge in [-0.25, -0.2) is 0 Å². The van der Waals surface area contributed by atoms with E-state index in [1.165, 1.54) is 32.1 Å². The molecule has 1 aromatic rings. The molecule has 1 atom stereocenters. The van der Waals surface area contributed by atoms with Gasteiger partial charge in [0.25, 0.3) is 0 Å². The molecule has 0 N–H and O–H groups in total. The summed E-state index contributed by atoms with van der Waals surface area (Å²) in [6.45, 7) is 0. The molecule has 0 heterocycles. The van der Waals surface area contributed by atoms with Crippen molar-refractivity contribution in [2.45, 2.75) is 43.9 Å². The molecule has 21 heavy (non-hydrogen) atoms. The summed E-state index contributed by atoms with van der Waals surface area (Å²) in [5, 5.41) is -0.0936. The largest absolute Gasteiger partial charge is 0.496 e. The molecular weight excluding hydrogens is 288 g/mol. The van der Waals surface area contributed by atoms with E-state index in [4.69, 9.17) is 25.8 Å². The van der Waals surface area contributed by atoms with Crippen molar-refractivity contribution in [1.29, 1.82) is 0 Å². The quantitative estimate of drug-likeness (QED) is 0.695. The molecule has 0 aliphatic heterocycles. The standard InChI is InChI=1S/C17H25ClO3/c1-19-13-10-15(20-2)17(16(11-13)21-3)14(18)9-12-7-5-4-6-8-12/h10-12,14H,4-9H2,1-3H3. The van der Waals surface area contributed by atoms with Crippen molar-refractivity contribution in [3.63, 3.8) is 0 Å². The maximum atomic E-state index is 6.70. The smallest absolute Gasteiger partial charge is 0.130 e. The van der Waals surface area contributed by atoms with Crippen LogP contribution >= 0.6 is 11.6 Å². The van der Waals surface area contributed by atoms with Gasteiger partial charge in [0, 0.05) is 12.1 Å². The molecule has 0 bridgehead atoms. The first kappa shape index (κ1) is 16.3. The normalized spacial score (nSPS) is 17.3. The SMILES string of the molecule is COc1cc(OC)c(C(Cl)CC2CCCCC2)c(OC)c1. The van der Waals surface area contributed by atoms with Gasteiger partial charge in [0.2, 0.25) is 0 Å². The lowest BCUT2D eigenvalue weighted by Crippen LogP contribution is -2.10. The molecule has 4 heteroatoms. The highest BCUT2D eigenvalue weighted by Crippen LogP contribution is 2.44. The van der Waals surface area contributed by atoms with Crippen LogP contribution in [0.1, 0.15) is 49.5 Å². The Bertz CT molecular complexity index is 430. The molecule has 0 aromatic heterocycles. The van der Waals surface area contributed by atoms with Crippen molar-refractivity contribution >= 4 is 11.6 Å². The molecule has 0 saturated heterocycles. The monoisotopic (exact) mass is 312 g/mol. The van der Waals surface area contributed by atoms with Crippen LogP contribution < -0.4 is 14.2 Å². The highest BCUT2D eigenvalue weighted by molar-refractivity contribution is 6.21. The van der Waals surface area contributed by atoms with E-state index in [1.807, 2.05) is 12.1 Å². The Kier molecular flexibility index (Phi) is 6.04. The van der Waals surface area contributed by atoms with E-state index in [9.17, 15) is 0 Å². The van der Waals surface area contributed by atoms with Crippen molar-refractivity contribution < 1.29 is 14.2 Å². The van der Waals surface area contributed by atoms with Crippen LogP contribution in [0.4, 0.5) is 0 Å². The zero-order valence-electron chi connectivity index (χ0n) is 13.2. The number of hydrogen-bond donors (Lipinski definition) is 0. The minimum Gasteiger partial charge on any atom is -0.496 e. The molecule has 3 nitrogen and oxygen atoms in total. The Labute approximate surface area is 132 Å². The van der Waals surface area contributed by atoms with Gasteiger partial charge in [0.05, 0.1) is 32.3 Å². The summed E-state index contributed by atoms with van der Waals surface area (Å²) in [6.07, 6.45) is 7.55.